The van der Waals surface area contributed by atoms with Gasteiger partial charge in [-0.3, -0.25) is 33.8 Å². The maximum atomic E-state index is 13.9. The van der Waals surface area contributed by atoms with Gasteiger partial charge < -0.3 is 43.2 Å². The number of aliphatic carboxylic acids is 1. The van der Waals surface area contributed by atoms with E-state index in [9.17, 15) is 33.9 Å². The first kappa shape index (κ1) is 39.3. The molecule has 0 radical (unpaired) electrons. The second-order valence-corrected chi connectivity index (χ2v) is 12.2. The lowest BCUT2D eigenvalue weighted by molar-refractivity contribution is -0.146. The van der Waals surface area contributed by atoms with Gasteiger partial charge in [0.2, 0.25) is 29.5 Å². The van der Waals surface area contributed by atoms with Crippen LogP contribution in [-0.4, -0.2) is 94.6 Å². The van der Waals surface area contributed by atoms with Crippen LogP contribution in [0.5, 0.6) is 0 Å². The Morgan fingerprint density at radius 2 is 1.54 bits per heavy atom. The Hall–Kier alpha value is -5.18. The Balaban J connectivity index is 1.85. The maximum absolute atomic E-state index is 13.9. The van der Waals surface area contributed by atoms with E-state index < -0.39 is 72.0 Å². The van der Waals surface area contributed by atoms with Gasteiger partial charge in [-0.2, -0.15) is 0 Å². The van der Waals surface area contributed by atoms with Gasteiger partial charge in [-0.05, 0) is 55.2 Å². The first-order valence-corrected chi connectivity index (χ1v) is 16.9. The molecule has 4 atom stereocenters. The Morgan fingerprint density at radius 1 is 0.860 bits per heavy atom. The van der Waals surface area contributed by atoms with E-state index in [0.717, 1.165) is 11.1 Å². The molecule has 0 saturated carbocycles. The average molecular weight is 713 g/mol. The molecule has 1 aliphatic rings. The summed E-state index contributed by atoms with van der Waals surface area (Å²) in [4.78, 5) is 82.1. The molecule has 1 heterocycles. The molecular formula is C34H45ClN8O7. The van der Waals surface area contributed by atoms with Crippen LogP contribution >= 0.6 is 11.6 Å². The first-order valence-electron chi connectivity index (χ1n) is 16.4. The van der Waals surface area contributed by atoms with Crippen molar-refractivity contribution < 1.29 is 33.9 Å². The molecule has 2 aromatic rings. The molecule has 2 aromatic carbocycles. The molecule has 4 unspecified atom stereocenters. The number of hydrogen-bond acceptors (Lipinski definition) is 7. The number of nitrogens with two attached hydrogens (primary N) is 3. The zero-order valence-electron chi connectivity index (χ0n) is 27.7. The van der Waals surface area contributed by atoms with Gasteiger partial charge in [0.1, 0.15) is 30.0 Å². The first-order chi connectivity index (χ1) is 23.9. The van der Waals surface area contributed by atoms with Gasteiger partial charge in [0.15, 0.2) is 5.96 Å². The Kier molecular flexibility index (Phi) is 15.5. The predicted molar refractivity (Wildman–Crippen MR) is 187 cm³/mol. The van der Waals surface area contributed by atoms with Crippen molar-refractivity contribution in [3.05, 3.63) is 60.2 Å². The quantitative estimate of drug-likeness (QED) is 0.0487. The fraction of sp³-hybridized carbons (Fsp3) is 0.441. The summed E-state index contributed by atoms with van der Waals surface area (Å²) in [5.41, 5.74) is 19.0. The van der Waals surface area contributed by atoms with Crippen molar-refractivity contribution in [3.8, 4) is 11.1 Å². The second-order valence-electron chi connectivity index (χ2n) is 12.0. The SMILES string of the molecule is NC(=O)C(CCCN=C(N)N)NC(=O)C(Cc1ccc(-c2ccccc2)cc1)NC(=O)C1CCCCN1C(=O)C(CCC(=O)O)NC(=O)CCl. The fourth-order valence-corrected chi connectivity index (χ4v) is 5.74. The number of primary amides is 1. The summed E-state index contributed by atoms with van der Waals surface area (Å²) in [6.07, 6.45) is 1.36. The van der Waals surface area contributed by atoms with E-state index in [1.807, 2.05) is 54.6 Å². The van der Waals surface area contributed by atoms with Crippen LogP contribution in [0.1, 0.15) is 50.5 Å². The predicted octanol–water partition coefficient (Wildman–Crippen LogP) is 0.374. The maximum Gasteiger partial charge on any atom is 0.303 e. The van der Waals surface area contributed by atoms with Crippen LogP contribution in [0, 0.1) is 0 Å². The van der Waals surface area contributed by atoms with Crippen molar-refractivity contribution in [3.63, 3.8) is 0 Å². The summed E-state index contributed by atoms with van der Waals surface area (Å²) < 4.78 is 0. The van der Waals surface area contributed by atoms with Crippen molar-refractivity contribution in [1.82, 2.24) is 20.9 Å². The van der Waals surface area contributed by atoms with Crippen molar-refractivity contribution in [2.75, 3.05) is 19.0 Å². The standard InChI is InChI=1S/C34H45ClN8O7/c35-20-28(44)40-25(15-16-29(45)46)33(50)43-18-5-4-10-27(43)32(49)42-26(31(48)41-24(30(36)47)9-6-17-39-34(37)38)19-21-11-13-23(14-12-21)22-7-2-1-3-8-22/h1-3,7-8,11-14,24-27H,4-6,9-10,15-20H2,(H2,36,47)(H,40,44)(H,41,48)(H,42,49)(H,45,46)(H4,37,38,39). The smallest absolute Gasteiger partial charge is 0.303 e. The Morgan fingerprint density at radius 3 is 2.16 bits per heavy atom. The third kappa shape index (κ3) is 12.4. The summed E-state index contributed by atoms with van der Waals surface area (Å²) in [5, 5.41) is 17.1. The van der Waals surface area contributed by atoms with Crippen molar-refractivity contribution in [2.45, 2.75) is 75.5 Å². The summed E-state index contributed by atoms with van der Waals surface area (Å²) >= 11 is 5.63. The minimum Gasteiger partial charge on any atom is -0.481 e. The molecule has 5 amide bonds. The van der Waals surface area contributed by atoms with Crippen LogP contribution in [-0.2, 0) is 35.2 Å². The molecule has 3 rings (SSSR count). The van der Waals surface area contributed by atoms with Gasteiger partial charge >= 0.3 is 5.97 Å². The number of alkyl halides is 1. The lowest BCUT2D eigenvalue weighted by Crippen LogP contribution is -2.60. The van der Waals surface area contributed by atoms with Crippen molar-refractivity contribution in [1.29, 1.82) is 0 Å². The van der Waals surface area contributed by atoms with Gasteiger partial charge in [0.05, 0.1) is 0 Å². The highest BCUT2D eigenvalue weighted by molar-refractivity contribution is 6.27. The number of carboxylic acids is 1. The third-order valence-corrected chi connectivity index (χ3v) is 8.47. The zero-order valence-corrected chi connectivity index (χ0v) is 28.4. The number of hydrogen-bond donors (Lipinski definition) is 7. The number of halogens is 1. The molecule has 50 heavy (non-hydrogen) atoms. The average Bonchev–Trinajstić information content (AvgIpc) is 3.10. The topological polar surface area (TPSA) is 252 Å². The van der Waals surface area contributed by atoms with Gasteiger partial charge in [-0.1, -0.05) is 54.6 Å². The summed E-state index contributed by atoms with van der Waals surface area (Å²) in [6.45, 7) is 0.384. The minimum absolute atomic E-state index is 0.0415. The largest absolute Gasteiger partial charge is 0.481 e. The number of guanidine groups is 1. The molecular weight excluding hydrogens is 668 g/mol. The van der Waals surface area contributed by atoms with Crippen LogP contribution in [0.2, 0.25) is 0 Å². The van der Waals surface area contributed by atoms with E-state index in [2.05, 4.69) is 20.9 Å². The molecule has 1 fully saturated rings. The van der Waals surface area contributed by atoms with Gasteiger partial charge in [-0.25, -0.2) is 0 Å². The summed E-state index contributed by atoms with van der Waals surface area (Å²) in [5.74, 6) is -5.08. The Labute approximate surface area is 295 Å². The van der Waals surface area contributed by atoms with E-state index in [1.54, 1.807) is 0 Å². The van der Waals surface area contributed by atoms with E-state index in [0.29, 0.717) is 24.8 Å². The van der Waals surface area contributed by atoms with Crippen molar-refractivity contribution in [2.24, 2.45) is 22.2 Å². The molecule has 1 saturated heterocycles. The number of rotatable bonds is 18. The van der Waals surface area contributed by atoms with Crippen LogP contribution in [0.25, 0.3) is 11.1 Å². The highest BCUT2D eigenvalue weighted by Crippen LogP contribution is 2.22. The van der Waals surface area contributed by atoms with E-state index >= 15 is 0 Å². The second kappa shape index (κ2) is 19.7. The van der Waals surface area contributed by atoms with Gasteiger partial charge in [0.25, 0.3) is 0 Å². The molecule has 16 heteroatoms. The number of aliphatic imine (C=N–C) groups is 1. The molecule has 0 spiro atoms. The molecule has 0 bridgehead atoms. The molecule has 0 aromatic heterocycles. The Bertz CT molecular complexity index is 1520. The fourth-order valence-electron chi connectivity index (χ4n) is 5.66. The normalized spacial score (nSPS) is 15.9. The van der Waals surface area contributed by atoms with E-state index in [1.165, 1.54) is 4.90 Å². The highest BCUT2D eigenvalue weighted by atomic mass is 35.5. The molecule has 10 N–H and O–H groups in total. The molecule has 270 valence electrons. The number of carbonyl (C=O) groups excluding carboxylic acids is 5. The van der Waals surface area contributed by atoms with Gasteiger partial charge in [-0.15, -0.1) is 11.6 Å². The molecule has 0 aliphatic carbocycles. The van der Waals surface area contributed by atoms with E-state index in [-0.39, 0.29) is 44.7 Å². The number of nitrogens with zero attached hydrogens (tertiary/aromatic N) is 2. The van der Waals surface area contributed by atoms with E-state index in [4.69, 9.17) is 28.8 Å². The van der Waals surface area contributed by atoms with Crippen molar-refractivity contribution >= 4 is 53.1 Å². The summed E-state index contributed by atoms with van der Waals surface area (Å²) in [7, 11) is 0. The third-order valence-electron chi connectivity index (χ3n) is 8.23. The molecule has 15 nitrogen and oxygen atoms in total. The number of carbonyl (C=O) groups is 6. The van der Waals surface area contributed by atoms with Crippen LogP contribution in [0.4, 0.5) is 0 Å². The zero-order chi connectivity index (χ0) is 36.6. The number of benzene rings is 2. The highest BCUT2D eigenvalue weighted by Gasteiger charge is 2.38. The van der Waals surface area contributed by atoms with Crippen LogP contribution in [0.3, 0.4) is 0 Å². The molecule has 1 aliphatic heterocycles. The number of amides is 5. The lowest BCUT2D eigenvalue weighted by Gasteiger charge is -2.37. The lowest BCUT2D eigenvalue weighted by atomic mass is 9.97. The minimum atomic E-state index is -1.22. The number of piperidine rings is 1. The van der Waals surface area contributed by atoms with Gasteiger partial charge in [0, 0.05) is 25.9 Å². The van der Waals surface area contributed by atoms with Crippen LogP contribution in [0.15, 0.2) is 59.6 Å². The number of likely N-dealkylation sites (tertiary alicyclic amines) is 1. The number of carboxylic acid groups (broad SMARTS) is 1. The monoisotopic (exact) mass is 712 g/mol. The summed E-state index contributed by atoms with van der Waals surface area (Å²) in [6, 6.07) is 12.6. The number of nitrogens with one attached hydrogen (secondary N) is 3. The van der Waals surface area contributed by atoms with Crippen LogP contribution < -0.4 is 33.2 Å².